The molecule has 0 saturated heterocycles. The lowest BCUT2D eigenvalue weighted by atomic mass is 10.3. The van der Waals surface area contributed by atoms with Gasteiger partial charge < -0.3 is 9.26 Å². The SMILES string of the molecule is CCO[P@@](C)(=O)c1ccccc1OC(C)=O. The first kappa shape index (κ1) is 12.9. The van der Waals surface area contributed by atoms with Crippen LogP contribution in [0.15, 0.2) is 24.3 Å². The van der Waals surface area contributed by atoms with Gasteiger partial charge in [-0.3, -0.25) is 9.36 Å². The average Bonchev–Trinajstić information content (AvgIpc) is 2.17. The van der Waals surface area contributed by atoms with Crippen molar-refractivity contribution < 1.29 is 18.6 Å². The summed E-state index contributed by atoms with van der Waals surface area (Å²) in [5, 5.41) is 0.437. The molecule has 0 amide bonds. The highest BCUT2D eigenvalue weighted by atomic mass is 31.2. The van der Waals surface area contributed by atoms with Gasteiger partial charge in [-0.15, -0.1) is 0 Å². The molecule has 0 fully saturated rings. The minimum atomic E-state index is -2.92. The molecule has 5 heteroatoms. The number of hydrogen-bond acceptors (Lipinski definition) is 4. The number of benzene rings is 1. The Morgan fingerprint density at radius 3 is 2.56 bits per heavy atom. The number of hydrogen-bond donors (Lipinski definition) is 0. The van der Waals surface area contributed by atoms with E-state index in [1.54, 1.807) is 31.2 Å². The van der Waals surface area contributed by atoms with Crippen molar-refractivity contribution in [2.24, 2.45) is 0 Å². The quantitative estimate of drug-likeness (QED) is 0.461. The van der Waals surface area contributed by atoms with Gasteiger partial charge in [-0.1, -0.05) is 12.1 Å². The molecule has 0 radical (unpaired) electrons. The van der Waals surface area contributed by atoms with Crippen molar-refractivity contribution in [3.8, 4) is 5.75 Å². The summed E-state index contributed by atoms with van der Waals surface area (Å²) >= 11 is 0. The van der Waals surface area contributed by atoms with Crippen LogP contribution >= 0.6 is 7.37 Å². The fourth-order valence-electron chi connectivity index (χ4n) is 1.35. The molecule has 16 heavy (non-hydrogen) atoms. The van der Waals surface area contributed by atoms with Crippen LogP contribution in [0.4, 0.5) is 0 Å². The van der Waals surface area contributed by atoms with Gasteiger partial charge in [-0.25, -0.2) is 0 Å². The number of para-hydroxylation sites is 1. The Hall–Kier alpha value is -1.12. The highest BCUT2D eigenvalue weighted by Crippen LogP contribution is 2.43. The van der Waals surface area contributed by atoms with E-state index >= 15 is 0 Å². The van der Waals surface area contributed by atoms with E-state index in [1.165, 1.54) is 13.6 Å². The van der Waals surface area contributed by atoms with E-state index in [4.69, 9.17) is 9.26 Å². The summed E-state index contributed by atoms with van der Waals surface area (Å²) in [6.45, 7) is 4.93. The maximum atomic E-state index is 12.2. The van der Waals surface area contributed by atoms with Crippen molar-refractivity contribution in [2.75, 3.05) is 13.3 Å². The van der Waals surface area contributed by atoms with Gasteiger partial charge in [0, 0.05) is 13.6 Å². The van der Waals surface area contributed by atoms with Crippen molar-refractivity contribution in [3.63, 3.8) is 0 Å². The van der Waals surface area contributed by atoms with E-state index in [1.807, 2.05) is 0 Å². The van der Waals surface area contributed by atoms with Gasteiger partial charge >= 0.3 is 5.97 Å². The first-order chi connectivity index (χ1) is 7.47. The first-order valence-electron chi connectivity index (χ1n) is 4.97. The van der Waals surface area contributed by atoms with Crippen molar-refractivity contribution >= 4 is 18.6 Å². The fraction of sp³-hybridized carbons (Fsp3) is 0.364. The zero-order valence-electron chi connectivity index (χ0n) is 9.60. The van der Waals surface area contributed by atoms with Crippen LogP contribution in [0.5, 0.6) is 5.75 Å². The monoisotopic (exact) mass is 242 g/mol. The Morgan fingerprint density at radius 2 is 2.00 bits per heavy atom. The lowest BCUT2D eigenvalue weighted by Gasteiger charge is -2.15. The predicted octanol–water partition coefficient (Wildman–Crippen LogP) is 2.18. The Bertz CT molecular complexity index is 428. The molecule has 4 nitrogen and oxygen atoms in total. The van der Waals surface area contributed by atoms with E-state index in [2.05, 4.69) is 0 Å². The van der Waals surface area contributed by atoms with Crippen molar-refractivity contribution in [3.05, 3.63) is 24.3 Å². The molecule has 0 N–H and O–H groups in total. The van der Waals surface area contributed by atoms with Gasteiger partial charge in [-0.05, 0) is 19.1 Å². The largest absolute Gasteiger partial charge is 0.426 e. The molecule has 0 bridgehead atoms. The highest BCUT2D eigenvalue weighted by Gasteiger charge is 2.23. The van der Waals surface area contributed by atoms with Gasteiger partial charge in [0.05, 0.1) is 11.9 Å². The molecule has 1 rings (SSSR count). The summed E-state index contributed by atoms with van der Waals surface area (Å²) in [6, 6.07) is 6.70. The molecular formula is C11H15O4P. The van der Waals surface area contributed by atoms with Crippen molar-refractivity contribution in [1.82, 2.24) is 0 Å². The maximum absolute atomic E-state index is 12.2. The van der Waals surface area contributed by atoms with E-state index < -0.39 is 13.3 Å². The molecule has 0 aliphatic rings. The Kier molecular flexibility index (Phi) is 4.27. The van der Waals surface area contributed by atoms with Crippen LogP contribution in [0.3, 0.4) is 0 Å². The Balaban J connectivity index is 3.12. The number of esters is 1. The highest BCUT2D eigenvalue weighted by molar-refractivity contribution is 7.66. The Labute approximate surface area is 95.0 Å². The minimum absolute atomic E-state index is 0.300. The van der Waals surface area contributed by atoms with E-state index in [0.717, 1.165) is 0 Å². The zero-order chi connectivity index (χ0) is 12.2. The second-order valence-corrected chi connectivity index (χ2v) is 5.76. The van der Waals surface area contributed by atoms with Gasteiger partial charge in [-0.2, -0.15) is 0 Å². The standard InChI is InChI=1S/C11H15O4P/c1-4-14-16(3,13)11-8-6-5-7-10(11)15-9(2)12/h5-8H,4H2,1-3H3/t16-/m1/s1. The van der Waals surface area contributed by atoms with Crippen LogP contribution in [0, 0.1) is 0 Å². The van der Waals surface area contributed by atoms with Crippen LogP contribution in [0.2, 0.25) is 0 Å². The molecule has 0 aliphatic heterocycles. The van der Waals surface area contributed by atoms with Crippen LogP contribution < -0.4 is 10.0 Å². The molecule has 0 aliphatic carbocycles. The molecule has 0 unspecified atom stereocenters. The van der Waals surface area contributed by atoms with Gasteiger partial charge in [0.1, 0.15) is 5.75 Å². The predicted molar refractivity (Wildman–Crippen MR) is 62.5 cm³/mol. The van der Waals surface area contributed by atoms with Crippen molar-refractivity contribution in [2.45, 2.75) is 13.8 Å². The molecule has 1 aromatic carbocycles. The molecule has 1 atom stereocenters. The Morgan fingerprint density at radius 1 is 1.38 bits per heavy atom. The molecule has 0 spiro atoms. The van der Waals surface area contributed by atoms with E-state index in [0.29, 0.717) is 17.7 Å². The first-order valence-corrected chi connectivity index (χ1v) is 7.04. The summed E-state index contributed by atoms with van der Waals surface area (Å²) in [4.78, 5) is 10.9. The summed E-state index contributed by atoms with van der Waals surface area (Å²) in [7, 11) is -2.92. The van der Waals surface area contributed by atoms with Crippen LogP contribution in [-0.4, -0.2) is 19.2 Å². The lowest BCUT2D eigenvalue weighted by molar-refractivity contribution is -0.131. The minimum Gasteiger partial charge on any atom is -0.426 e. The molecule has 0 aromatic heterocycles. The third-order valence-electron chi connectivity index (χ3n) is 1.93. The fourth-order valence-corrected chi connectivity index (χ4v) is 2.86. The molecule has 0 saturated carbocycles. The molecule has 88 valence electrons. The van der Waals surface area contributed by atoms with Crippen LogP contribution in [-0.2, 0) is 13.9 Å². The average molecular weight is 242 g/mol. The van der Waals surface area contributed by atoms with Crippen molar-refractivity contribution in [1.29, 1.82) is 0 Å². The number of carbonyl (C=O) groups is 1. The summed E-state index contributed by atoms with van der Waals surface area (Å²) in [5.74, 6) is -0.141. The van der Waals surface area contributed by atoms with E-state index in [-0.39, 0.29) is 0 Å². The van der Waals surface area contributed by atoms with Crippen LogP contribution in [0.1, 0.15) is 13.8 Å². The summed E-state index contributed by atoms with van der Waals surface area (Å²) < 4.78 is 22.4. The maximum Gasteiger partial charge on any atom is 0.308 e. The van der Waals surface area contributed by atoms with Gasteiger partial charge in [0.2, 0.25) is 7.37 Å². The third-order valence-corrected chi connectivity index (χ3v) is 3.93. The number of carbonyl (C=O) groups excluding carboxylic acids is 1. The summed E-state index contributed by atoms with van der Waals surface area (Å²) in [5.41, 5.74) is 0. The second-order valence-electron chi connectivity index (χ2n) is 3.33. The smallest absolute Gasteiger partial charge is 0.308 e. The third kappa shape index (κ3) is 3.19. The lowest BCUT2D eigenvalue weighted by Crippen LogP contribution is -2.14. The number of rotatable bonds is 4. The second kappa shape index (κ2) is 5.28. The normalized spacial score (nSPS) is 14.2. The van der Waals surface area contributed by atoms with Gasteiger partial charge in [0.25, 0.3) is 0 Å². The van der Waals surface area contributed by atoms with Gasteiger partial charge in [0.15, 0.2) is 0 Å². The molecule has 1 aromatic rings. The molecule has 0 heterocycles. The summed E-state index contributed by atoms with van der Waals surface area (Å²) in [6.07, 6.45) is 0. The van der Waals surface area contributed by atoms with E-state index in [9.17, 15) is 9.36 Å². The topological polar surface area (TPSA) is 52.6 Å². The zero-order valence-corrected chi connectivity index (χ0v) is 10.5. The van der Waals surface area contributed by atoms with Crippen LogP contribution in [0.25, 0.3) is 0 Å². The molecular weight excluding hydrogens is 227 g/mol. The number of ether oxygens (including phenoxy) is 1.